The van der Waals surface area contributed by atoms with Crippen molar-refractivity contribution in [2.75, 3.05) is 11.5 Å². The quantitative estimate of drug-likeness (QED) is 0.710. The Morgan fingerprint density at radius 2 is 2.17 bits per heavy atom. The van der Waals surface area contributed by atoms with Gasteiger partial charge in [-0.15, -0.1) is 0 Å². The van der Waals surface area contributed by atoms with E-state index >= 15 is 0 Å². The number of thioether (sulfide) groups is 1. The first-order valence-corrected chi connectivity index (χ1v) is 6.21. The zero-order valence-corrected chi connectivity index (χ0v) is 9.29. The number of nitrogens with one attached hydrogen (secondary N) is 1. The van der Waals surface area contributed by atoms with Crippen LogP contribution in [0.1, 0.15) is 33.6 Å². The van der Waals surface area contributed by atoms with Crippen molar-refractivity contribution in [3.05, 3.63) is 0 Å². The van der Waals surface area contributed by atoms with Gasteiger partial charge in [-0.2, -0.15) is 11.8 Å². The van der Waals surface area contributed by atoms with Crippen LogP contribution in [0.4, 0.5) is 0 Å². The van der Waals surface area contributed by atoms with E-state index < -0.39 is 0 Å². The monoisotopic (exact) mass is 187 g/mol. The molecule has 1 aliphatic rings. The van der Waals surface area contributed by atoms with E-state index in [0.717, 1.165) is 12.0 Å². The van der Waals surface area contributed by atoms with Gasteiger partial charge < -0.3 is 5.32 Å². The molecule has 0 spiro atoms. The summed E-state index contributed by atoms with van der Waals surface area (Å²) in [6.07, 6.45) is 2.78. The average Bonchev–Trinajstić information content (AvgIpc) is 1.98. The molecule has 12 heavy (non-hydrogen) atoms. The van der Waals surface area contributed by atoms with Crippen LogP contribution in [0, 0.1) is 5.92 Å². The van der Waals surface area contributed by atoms with Crippen LogP contribution in [-0.2, 0) is 0 Å². The van der Waals surface area contributed by atoms with E-state index in [-0.39, 0.29) is 0 Å². The lowest BCUT2D eigenvalue weighted by molar-refractivity contribution is 0.230. The van der Waals surface area contributed by atoms with Gasteiger partial charge in [0.05, 0.1) is 0 Å². The van der Waals surface area contributed by atoms with Gasteiger partial charge >= 0.3 is 0 Å². The standard InChI is InChI=1S/C10H21NS/c1-4-12-7-9(3)11-10-5-8(2)6-10/h8-11H,4-7H2,1-3H3. The van der Waals surface area contributed by atoms with Crippen LogP contribution in [0.25, 0.3) is 0 Å². The molecule has 1 N–H and O–H groups in total. The highest BCUT2D eigenvalue weighted by atomic mass is 32.2. The fourth-order valence-electron chi connectivity index (χ4n) is 1.78. The van der Waals surface area contributed by atoms with Crippen LogP contribution in [0.2, 0.25) is 0 Å². The first-order valence-electron chi connectivity index (χ1n) is 5.06. The molecule has 1 unspecified atom stereocenters. The smallest absolute Gasteiger partial charge is 0.0132 e. The Balaban J connectivity index is 1.98. The van der Waals surface area contributed by atoms with E-state index in [1.54, 1.807) is 0 Å². The Kier molecular flexibility index (Phi) is 4.44. The fourth-order valence-corrected chi connectivity index (χ4v) is 2.47. The molecule has 0 aromatic heterocycles. The molecule has 0 heterocycles. The predicted molar refractivity (Wildman–Crippen MR) is 57.8 cm³/mol. The summed E-state index contributed by atoms with van der Waals surface area (Å²) in [6.45, 7) is 6.86. The Labute approximate surface area is 80.7 Å². The first kappa shape index (κ1) is 10.4. The maximum absolute atomic E-state index is 3.66. The number of hydrogen-bond acceptors (Lipinski definition) is 2. The van der Waals surface area contributed by atoms with Crippen molar-refractivity contribution in [1.29, 1.82) is 0 Å². The van der Waals surface area contributed by atoms with Crippen molar-refractivity contribution in [1.82, 2.24) is 5.32 Å². The molecule has 0 saturated heterocycles. The lowest BCUT2D eigenvalue weighted by Crippen LogP contribution is -2.45. The van der Waals surface area contributed by atoms with E-state index in [1.807, 2.05) is 11.8 Å². The van der Waals surface area contributed by atoms with Gasteiger partial charge in [0, 0.05) is 17.8 Å². The van der Waals surface area contributed by atoms with Gasteiger partial charge in [-0.1, -0.05) is 13.8 Å². The second kappa shape index (κ2) is 5.13. The minimum atomic E-state index is 0.701. The molecule has 1 saturated carbocycles. The predicted octanol–water partition coefficient (Wildman–Crippen LogP) is 2.52. The van der Waals surface area contributed by atoms with Crippen LogP contribution >= 0.6 is 11.8 Å². The maximum Gasteiger partial charge on any atom is 0.0132 e. The second-order valence-electron chi connectivity index (χ2n) is 4.00. The van der Waals surface area contributed by atoms with E-state index in [0.29, 0.717) is 6.04 Å². The molecule has 72 valence electrons. The minimum Gasteiger partial charge on any atom is -0.311 e. The molecule has 1 fully saturated rings. The third-order valence-corrected chi connectivity index (χ3v) is 3.61. The van der Waals surface area contributed by atoms with Gasteiger partial charge in [-0.05, 0) is 31.4 Å². The van der Waals surface area contributed by atoms with E-state index in [1.165, 1.54) is 24.3 Å². The molecule has 0 aromatic carbocycles. The van der Waals surface area contributed by atoms with Gasteiger partial charge in [0.2, 0.25) is 0 Å². The summed E-state index contributed by atoms with van der Waals surface area (Å²) < 4.78 is 0. The lowest BCUT2D eigenvalue weighted by atomic mass is 9.81. The summed E-state index contributed by atoms with van der Waals surface area (Å²) in [7, 11) is 0. The van der Waals surface area contributed by atoms with Crippen LogP contribution < -0.4 is 5.32 Å². The number of rotatable bonds is 5. The van der Waals surface area contributed by atoms with Gasteiger partial charge in [-0.3, -0.25) is 0 Å². The largest absolute Gasteiger partial charge is 0.311 e. The fraction of sp³-hybridized carbons (Fsp3) is 1.00. The molecule has 2 heteroatoms. The van der Waals surface area contributed by atoms with Crippen LogP contribution in [0.15, 0.2) is 0 Å². The van der Waals surface area contributed by atoms with Gasteiger partial charge in [0.25, 0.3) is 0 Å². The van der Waals surface area contributed by atoms with Gasteiger partial charge in [0.1, 0.15) is 0 Å². The highest BCUT2D eigenvalue weighted by Crippen LogP contribution is 2.26. The molecule has 1 nitrogen and oxygen atoms in total. The Bertz CT molecular complexity index is 121. The first-order chi connectivity index (χ1) is 5.72. The Morgan fingerprint density at radius 1 is 1.50 bits per heavy atom. The lowest BCUT2D eigenvalue weighted by Gasteiger charge is -2.35. The van der Waals surface area contributed by atoms with Crippen molar-refractivity contribution in [3.8, 4) is 0 Å². The van der Waals surface area contributed by atoms with E-state index in [2.05, 4.69) is 26.1 Å². The molecular formula is C10H21NS. The summed E-state index contributed by atoms with van der Waals surface area (Å²) in [5.74, 6) is 3.47. The molecule has 1 atom stereocenters. The van der Waals surface area contributed by atoms with Crippen molar-refractivity contribution in [3.63, 3.8) is 0 Å². The molecule has 0 aromatic rings. The molecule has 0 aliphatic heterocycles. The molecule has 0 bridgehead atoms. The summed E-state index contributed by atoms with van der Waals surface area (Å²) in [4.78, 5) is 0. The average molecular weight is 187 g/mol. The molecule has 0 radical (unpaired) electrons. The van der Waals surface area contributed by atoms with E-state index in [9.17, 15) is 0 Å². The van der Waals surface area contributed by atoms with Crippen LogP contribution in [0.5, 0.6) is 0 Å². The molecule has 1 rings (SSSR count). The van der Waals surface area contributed by atoms with E-state index in [4.69, 9.17) is 0 Å². The van der Waals surface area contributed by atoms with Crippen molar-refractivity contribution < 1.29 is 0 Å². The minimum absolute atomic E-state index is 0.701. The summed E-state index contributed by atoms with van der Waals surface area (Å²) in [5, 5.41) is 3.66. The topological polar surface area (TPSA) is 12.0 Å². The highest BCUT2D eigenvalue weighted by molar-refractivity contribution is 7.99. The van der Waals surface area contributed by atoms with Crippen LogP contribution in [0.3, 0.4) is 0 Å². The molecule has 0 amide bonds. The zero-order chi connectivity index (χ0) is 8.97. The summed E-state index contributed by atoms with van der Waals surface area (Å²) >= 11 is 2.03. The van der Waals surface area contributed by atoms with Crippen molar-refractivity contribution in [2.24, 2.45) is 5.92 Å². The summed E-state index contributed by atoms with van der Waals surface area (Å²) in [5.41, 5.74) is 0. The molecule has 1 aliphatic carbocycles. The van der Waals surface area contributed by atoms with Crippen LogP contribution in [-0.4, -0.2) is 23.6 Å². The summed E-state index contributed by atoms with van der Waals surface area (Å²) in [6, 6.07) is 1.53. The zero-order valence-electron chi connectivity index (χ0n) is 8.47. The Morgan fingerprint density at radius 3 is 2.67 bits per heavy atom. The third kappa shape index (κ3) is 3.36. The maximum atomic E-state index is 3.66. The number of hydrogen-bond donors (Lipinski definition) is 1. The molecular weight excluding hydrogens is 166 g/mol. The van der Waals surface area contributed by atoms with Crippen molar-refractivity contribution >= 4 is 11.8 Å². The Hall–Kier alpha value is 0.310. The highest BCUT2D eigenvalue weighted by Gasteiger charge is 2.25. The normalized spacial score (nSPS) is 31.2. The third-order valence-electron chi connectivity index (χ3n) is 2.47. The van der Waals surface area contributed by atoms with Gasteiger partial charge in [-0.25, -0.2) is 0 Å². The second-order valence-corrected chi connectivity index (χ2v) is 5.32. The van der Waals surface area contributed by atoms with Gasteiger partial charge in [0.15, 0.2) is 0 Å². The SMILES string of the molecule is CCSCC(C)NC1CC(C)C1. The van der Waals surface area contributed by atoms with Crippen molar-refractivity contribution in [2.45, 2.75) is 45.7 Å².